The Kier molecular flexibility index (Phi) is 4.25. The van der Waals surface area contributed by atoms with E-state index >= 15 is 0 Å². The van der Waals surface area contributed by atoms with Crippen molar-refractivity contribution in [1.82, 2.24) is 25.5 Å². The highest BCUT2D eigenvalue weighted by atomic mass is 15.2. The highest BCUT2D eigenvalue weighted by Crippen LogP contribution is 2.39. The van der Waals surface area contributed by atoms with Crippen molar-refractivity contribution in [3.05, 3.63) is 65.9 Å². The molecule has 1 saturated carbocycles. The number of para-hydroxylation sites is 1. The van der Waals surface area contributed by atoms with Crippen LogP contribution in [-0.4, -0.2) is 27.2 Å². The summed E-state index contributed by atoms with van der Waals surface area (Å²) in [4.78, 5) is 9.59. The summed E-state index contributed by atoms with van der Waals surface area (Å²) >= 11 is 0. The third-order valence-corrected chi connectivity index (χ3v) is 5.06. The fourth-order valence-corrected chi connectivity index (χ4v) is 3.40. The fraction of sp³-hybridized carbons (Fsp3) is 0.227. The first kappa shape index (κ1) is 16.9. The molecule has 1 aliphatic rings. The van der Waals surface area contributed by atoms with Crippen molar-refractivity contribution >= 4 is 22.5 Å². The maximum absolute atomic E-state index is 4.82. The smallest absolute Gasteiger partial charge is 0.162 e. The van der Waals surface area contributed by atoms with Crippen molar-refractivity contribution in [2.45, 2.75) is 25.3 Å². The van der Waals surface area contributed by atoms with Gasteiger partial charge in [-0.1, -0.05) is 36.4 Å². The van der Waals surface area contributed by atoms with Crippen LogP contribution in [0.4, 0.5) is 11.6 Å². The second-order valence-electron chi connectivity index (χ2n) is 7.25. The third kappa shape index (κ3) is 3.34. The van der Waals surface area contributed by atoms with E-state index in [1.807, 2.05) is 31.3 Å². The Hall–Kier alpha value is -3.25. The number of benzene rings is 2. The number of fused-ring (bicyclic) bond motifs is 1. The fourth-order valence-electron chi connectivity index (χ4n) is 3.40. The zero-order chi connectivity index (χ0) is 18.9. The minimum atomic E-state index is 0.636. The summed E-state index contributed by atoms with van der Waals surface area (Å²) < 4.78 is 0. The topological polar surface area (TPSA) is 78.5 Å². The lowest BCUT2D eigenvalue weighted by Gasteiger charge is -2.10. The number of anilines is 2. The molecular formula is C22H22N6. The van der Waals surface area contributed by atoms with Gasteiger partial charge < -0.3 is 10.6 Å². The van der Waals surface area contributed by atoms with E-state index in [1.54, 1.807) is 0 Å². The molecule has 0 bridgehead atoms. The predicted molar refractivity (Wildman–Crippen MR) is 112 cm³/mol. The number of hydrogen-bond donors (Lipinski definition) is 3. The van der Waals surface area contributed by atoms with E-state index in [0.29, 0.717) is 11.7 Å². The van der Waals surface area contributed by atoms with Crippen molar-refractivity contribution in [3.8, 4) is 11.4 Å². The van der Waals surface area contributed by atoms with Crippen molar-refractivity contribution in [2.24, 2.45) is 0 Å². The highest BCUT2D eigenvalue weighted by Gasteiger charge is 2.25. The van der Waals surface area contributed by atoms with Crippen LogP contribution in [0.25, 0.3) is 22.3 Å². The number of rotatable bonds is 6. The molecule has 0 saturated heterocycles. The molecule has 6 heteroatoms. The molecule has 0 atom stereocenters. The van der Waals surface area contributed by atoms with Gasteiger partial charge in [-0.05, 0) is 37.6 Å². The van der Waals surface area contributed by atoms with Crippen LogP contribution in [0.5, 0.6) is 0 Å². The first-order chi connectivity index (χ1) is 13.8. The first-order valence-corrected chi connectivity index (χ1v) is 9.63. The Balaban J connectivity index is 1.53. The van der Waals surface area contributed by atoms with Gasteiger partial charge in [0.2, 0.25) is 0 Å². The zero-order valence-electron chi connectivity index (χ0n) is 15.7. The van der Waals surface area contributed by atoms with E-state index in [1.165, 1.54) is 24.1 Å². The summed E-state index contributed by atoms with van der Waals surface area (Å²) in [6.07, 6.45) is 2.48. The number of nitrogens with one attached hydrogen (secondary N) is 3. The van der Waals surface area contributed by atoms with Crippen LogP contribution in [0.1, 0.15) is 30.0 Å². The molecule has 140 valence electrons. The van der Waals surface area contributed by atoms with Gasteiger partial charge in [-0.2, -0.15) is 5.10 Å². The number of hydrogen-bond acceptors (Lipinski definition) is 5. The highest BCUT2D eigenvalue weighted by molar-refractivity contribution is 5.91. The molecule has 0 amide bonds. The van der Waals surface area contributed by atoms with Crippen LogP contribution in [-0.2, 0) is 6.54 Å². The molecule has 1 fully saturated rings. The first-order valence-electron chi connectivity index (χ1n) is 9.63. The lowest BCUT2D eigenvalue weighted by atomic mass is 10.1. The zero-order valence-corrected chi connectivity index (χ0v) is 15.7. The van der Waals surface area contributed by atoms with Gasteiger partial charge in [0.1, 0.15) is 5.82 Å². The number of nitrogens with zero attached hydrogens (tertiary/aromatic N) is 3. The van der Waals surface area contributed by atoms with E-state index in [9.17, 15) is 0 Å². The summed E-state index contributed by atoms with van der Waals surface area (Å²) in [6, 6.07) is 18.5. The average molecular weight is 370 g/mol. The lowest BCUT2D eigenvalue weighted by molar-refractivity contribution is 0.818. The van der Waals surface area contributed by atoms with Crippen LogP contribution < -0.4 is 10.6 Å². The van der Waals surface area contributed by atoms with Crippen LogP contribution in [0.2, 0.25) is 0 Å². The Labute approximate surface area is 163 Å². The summed E-state index contributed by atoms with van der Waals surface area (Å²) in [7, 11) is 1.95. The number of H-pyrrole nitrogens is 1. The minimum Gasteiger partial charge on any atom is -0.323 e. The molecule has 2 aromatic carbocycles. The maximum Gasteiger partial charge on any atom is 0.162 e. The van der Waals surface area contributed by atoms with Gasteiger partial charge in [0.15, 0.2) is 11.6 Å². The standard InChI is InChI=1S/C22H22N6/c1-23-13-14-6-8-16(9-7-14)21-24-18-5-3-2-4-17(18)22(26-21)25-20-12-19(27-28-20)15-10-11-15/h2-9,12,15,23H,10-11,13H2,1H3,(H2,24,25,26,27,28). The summed E-state index contributed by atoms with van der Waals surface area (Å²) in [6.45, 7) is 0.841. The van der Waals surface area contributed by atoms with Crippen LogP contribution in [0.3, 0.4) is 0 Å². The van der Waals surface area contributed by atoms with E-state index in [2.05, 4.69) is 51.2 Å². The predicted octanol–water partition coefficient (Wildman–Crippen LogP) is 4.36. The molecule has 6 nitrogen and oxygen atoms in total. The van der Waals surface area contributed by atoms with Gasteiger partial charge in [-0.15, -0.1) is 0 Å². The van der Waals surface area contributed by atoms with Gasteiger partial charge in [0.25, 0.3) is 0 Å². The molecule has 0 unspecified atom stereocenters. The largest absolute Gasteiger partial charge is 0.323 e. The minimum absolute atomic E-state index is 0.636. The normalized spacial score (nSPS) is 13.8. The summed E-state index contributed by atoms with van der Waals surface area (Å²) in [5, 5.41) is 15.1. The lowest BCUT2D eigenvalue weighted by Crippen LogP contribution is -2.04. The van der Waals surface area contributed by atoms with Crippen molar-refractivity contribution in [2.75, 3.05) is 12.4 Å². The molecule has 3 N–H and O–H groups in total. The van der Waals surface area contributed by atoms with Gasteiger partial charge in [-0.3, -0.25) is 5.10 Å². The molecule has 4 aromatic rings. The molecule has 5 rings (SSSR count). The summed E-state index contributed by atoms with van der Waals surface area (Å²) in [5.41, 5.74) is 4.33. The average Bonchev–Trinajstić information content (AvgIpc) is 3.48. The van der Waals surface area contributed by atoms with Crippen molar-refractivity contribution < 1.29 is 0 Å². The number of aromatic nitrogens is 4. The SMILES string of the molecule is CNCc1ccc(-c2nc(Nc3cc(C4CC4)[nH]n3)c3ccccc3n2)cc1. The van der Waals surface area contributed by atoms with Crippen molar-refractivity contribution in [3.63, 3.8) is 0 Å². The van der Waals surface area contributed by atoms with Gasteiger partial charge >= 0.3 is 0 Å². The second kappa shape index (κ2) is 7.05. The molecule has 0 radical (unpaired) electrons. The Morgan fingerprint density at radius 1 is 1.04 bits per heavy atom. The molecule has 2 aromatic heterocycles. The van der Waals surface area contributed by atoms with Gasteiger partial charge in [0.05, 0.1) is 5.52 Å². The molecular weight excluding hydrogens is 348 g/mol. The second-order valence-corrected chi connectivity index (χ2v) is 7.25. The monoisotopic (exact) mass is 370 g/mol. The molecule has 0 spiro atoms. The van der Waals surface area contributed by atoms with Gasteiger partial charge in [-0.25, -0.2) is 9.97 Å². The van der Waals surface area contributed by atoms with E-state index in [0.717, 1.165) is 34.6 Å². The molecule has 2 heterocycles. The van der Waals surface area contributed by atoms with E-state index in [4.69, 9.17) is 9.97 Å². The Morgan fingerprint density at radius 2 is 1.86 bits per heavy atom. The van der Waals surface area contributed by atoms with Crippen LogP contribution in [0.15, 0.2) is 54.6 Å². The molecule has 28 heavy (non-hydrogen) atoms. The van der Waals surface area contributed by atoms with E-state index in [-0.39, 0.29) is 0 Å². The van der Waals surface area contributed by atoms with Gasteiger partial charge in [0, 0.05) is 35.2 Å². The Bertz CT molecular complexity index is 1110. The molecule has 0 aliphatic heterocycles. The third-order valence-electron chi connectivity index (χ3n) is 5.06. The summed E-state index contributed by atoms with van der Waals surface area (Å²) in [5.74, 6) is 2.90. The van der Waals surface area contributed by atoms with E-state index < -0.39 is 0 Å². The number of aromatic amines is 1. The Morgan fingerprint density at radius 3 is 2.64 bits per heavy atom. The van der Waals surface area contributed by atoms with Crippen LogP contribution in [0, 0.1) is 0 Å². The maximum atomic E-state index is 4.82. The quantitative estimate of drug-likeness (QED) is 0.470. The van der Waals surface area contributed by atoms with Crippen LogP contribution >= 0.6 is 0 Å². The van der Waals surface area contributed by atoms with Crippen molar-refractivity contribution in [1.29, 1.82) is 0 Å². The molecule has 1 aliphatic carbocycles.